The molecule has 2 N–H and O–H groups in total. The van der Waals surface area contributed by atoms with Crippen LogP contribution in [0.3, 0.4) is 0 Å². The van der Waals surface area contributed by atoms with Crippen LogP contribution in [0.2, 0.25) is 0 Å². The third-order valence-corrected chi connectivity index (χ3v) is 6.74. The van der Waals surface area contributed by atoms with Gasteiger partial charge in [-0.2, -0.15) is 0 Å². The fourth-order valence-corrected chi connectivity index (χ4v) is 5.08. The third kappa shape index (κ3) is 2.64. The van der Waals surface area contributed by atoms with Gasteiger partial charge in [0.05, 0.1) is 11.0 Å². The molecule has 6 rings (SSSR count). The Morgan fingerprint density at radius 2 is 1.69 bits per heavy atom. The number of benzene rings is 4. The topological polar surface area (TPSA) is 44.5 Å². The monoisotopic (exact) mass is 551 g/mol. The second kappa shape index (κ2) is 6.31. The van der Waals surface area contributed by atoms with Gasteiger partial charge in [-0.25, -0.2) is 4.98 Å². The first-order valence-electron chi connectivity index (χ1n) is 9.37. The summed E-state index contributed by atoms with van der Waals surface area (Å²) in [5, 5.41) is 6.05. The van der Waals surface area contributed by atoms with Gasteiger partial charge in [-0.1, -0.05) is 39.7 Å². The fraction of sp³-hybridized carbons (Fsp3) is 0.0417. The van der Waals surface area contributed by atoms with E-state index >= 15 is 0 Å². The third-order valence-electron chi connectivity index (χ3n) is 5.57. The van der Waals surface area contributed by atoms with E-state index in [1.165, 1.54) is 30.7 Å². The van der Waals surface area contributed by atoms with E-state index in [9.17, 15) is 0 Å². The van der Waals surface area contributed by atoms with Gasteiger partial charge in [0.2, 0.25) is 0 Å². The van der Waals surface area contributed by atoms with Crippen molar-refractivity contribution >= 4 is 82.0 Å². The van der Waals surface area contributed by atoms with Crippen LogP contribution in [0, 0.1) is 10.5 Å². The minimum absolute atomic E-state index is 0.888. The quantitative estimate of drug-likeness (QED) is 0.160. The van der Waals surface area contributed by atoms with Crippen LogP contribution in [0.4, 0.5) is 0 Å². The van der Waals surface area contributed by atoms with Crippen molar-refractivity contribution in [3.63, 3.8) is 0 Å². The van der Waals surface area contributed by atoms with Gasteiger partial charge in [-0.3, -0.25) is 0 Å². The number of aryl methyl sites for hydroxylation is 1. The molecular weight excluding hydrogens is 537 g/mol. The minimum atomic E-state index is 0.888. The van der Waals surface area contributed by atoms with Crippen LogP contribution < -0.4 is 0 Å². The second-order valence-corrected chi connectivity index (χ2v) is 9.60. The Bertz CT molecular complexity index is 1510. The summed E-state index contributed by atoms with van der Waals surface area (Å²) in [6, 6.07) is 19.5. The van der Waals surface area contributed by atoms with Crippen molar-refractivity contribution in [3.05, 3.63) is 74.4 Å². The molecule has 0 spiro atoms. The Kier molecular flexibility index (Phi) is 3.80. The number of fused-ring (bicyclic) bond motifs is 7. The second-order valence-electron chi connectivity index (χ2n) is 7.44. The number of imidazole rings is 1. The molecule has 2 heterocycles. The zero-order chi connectivity index (χ0) is 19.7. The maximum atomic E-state index is 5.09. The number of H-pyrrole nitrogens is 2. The average Bonchev–Trinajstić information content (AvgIpc) is 3.32. The Morgan fingerprint density at radius 1 is 0.862 bits per heavy atom. The molecule has 0 saturated carbocycles. The van der Waals surface area contributed by atoms with Gasteiger partial charge in [0.15, 0.2) is 0 Å². The lowest BCUT2D eigenvalue weighted by Crippen LogP contribution is -1.84. The van der Waals surface area contributed by atoms with E-state index in [0.29, 0.717) is 0 Å². The number of nitrogens with one attached hydrogen (secondary N) is 2. The van der Waals surface area contributed by atoms with Gasteiger partial charge in [0, 0.05) is 41.5 Å². The van der Waals surface area contributed by atoms with Crippen molar-refractivity contribution in [1.82, 2.24) is 15.0 Å². The molecule has 0 aliphatic carbocycles. The molecule has 29 heavy (non-hydrogen) atoms. The van der Waals surface area contributed by atoms with Gasteiger partial charge >= 0.3 is 0 Å². The molecule has 0 atom stereocenters. The first kappa shape index (κ1) is 17.5. The van der Waals surface area contributed by atoms with Crippen LogP contribution in [-0.4, -0.2) is 15.0 Å². The van der Waals surface area contributed by atoms with Gasteiger partial charge < -0.3 is 9.97 Å². The number of halogens is 2. The zero-order valence-electron chi connectivity index (χ0n) is 15.5. The molecule has 0 radical (unpaired) electrons. The molecule has 0 aliphatic heterocycles. The van der Waals surface area contributed by atoms with E-state index in [0.717, 1.165) is 37.8 Å². The van der Waals surface area contributed by atoms with Gasteiger partial charge in [0.25, 0.3) is 0 Å². The highest BCUT2D eigenvalue weighted by molar-refractivity contribution is 14.1. The molecule has 0 bridgehead atoms. The molecule has 0 unspecified atom stereocenters. The predicted octanol–water partition coefficient (Wildman–Crippen LogP) is 7.69. The van der Waals surface area contributed by atoms with Crippen molar-refractivity contribution in [2.24, 2.45) is 0 Å². The highest BCUT2D eigenvalue weighted by atomic mass is 127. The summed E-state index contributed by atoms with van der Waals surface area (Å²) in [5.41, 5.74) is 5.54. The van der Waals surface area contributed by atoms with E-state index in [4.69, 9.17) is 4.98 Å². The fourth-order valence-electron chi connectivity index (χ4n) is 4.23. The van der Waals surface area contributed by atoms with Crippen LogP contribution in [0.25, 0.3) is 54.9 Å². The van der Waals surface area contributed by atoms with Gasteiger partial charge in [-0.05, 0) is 76.7 Å². The Hall–Kier alpha value is -2.38. The first-order valence-corrected chi connectivity index (χ1v) is 11.2. The van der Waals surface area contributed by atoms with Crippen LogP contribution in [0.1, 0.15) is 5.56 Å². The van der Waals surface area contributed by atoms with Crippen LogP contribution in [0.5, 0.6) is 0 Å². The maximum absolute atomic E-state index is 5.09. The van der Waals surface area contributed by atoms with E-state index in [1.807, 2.05) is 12.3 Å². The van der Waals surface area contributed by atoms with Crippen molar-refractivity contribution in [3.8, 4) is 11.4 Å². The molecule has 4 aromatic carbocycles. The smallest absolute Gasteiger partial charge is 0.140 e. The molecule has 0 amide bonds. The van der Waals surface area contributed by atoms with Crippen LogP contribution >= 0.6 is 38.5 Å². The highest BCUT2D eigenvalue weighted by Gasteiger charge is 2.16. The SMILES string of the molecule is Cc1ccc2c3ccc(I)cc3c3[nH]c(-c4c[nH]c5ccc(Br)cc45)nc3c2c1. The van der Waals surface area contributed by atoms with E-state index in [2.05, 4.69) is 104 Å². The van der Waals surface area contributed by atoms with Gasteiger partial charge in [-0.15, -0.1) is 0 Å². The molecule has 6 aromatic rings. The summed E-state index contributed by atoms with van der Waals surface area (Å²) in [5.74, 6) is 0.888. The highest BCUT2D eigenvalue weighted by Crippen LogP contribution is 2.37. The molecule has 0 saturated heterocycles. The molecule has 5 heteroatoms. The Labute approximate surface area is 188 Å². The molecule has 0 fully saturated rings. The molecular formula is C24H15BrIN3. The standard InChI is InChI=1S/C24H15BrIN3/c1-12-2-5-15-16-6-4-14(26)10-19(16)23-22(18(15)8-12)28-24(29-23)20-11-27-21-7-3-13(25)9-17(20)21/h2-11,27H,1H3,(H,28,29). The summed E-state index contributed by atoms with van der Waals surface area (Å²) in [6.07, 6.45) is 2.04. The predicted molar refractivity (Wildman–Crippen MR) is 134 cm³/mol. The summed E-state index contributed by atoms with van der Waals surface area (Å²) in [4.78, 5) is 12.1. The summed E-state index contributed by atoms with van der Waals surface area (Å²) < 4.78 is 2.28. The number of rotatable bonds is 1. The normalized spacial score (nSPS) is 12.0. The van der Waals surface area contributed by atoms with Gasteiger partial charge in [0.1, 0.15) is 5.82 Å². The molecule has 0 aliphatic rings. The largest absolute Gasteiger partial charge is 0.360 e. The molecule has 140 valence electrons. The van der Waals surface area contributed by atoms with Crippen LogP contribution in [-0.2, 0) is 0 Å². The van der Waals surface area contributed by atoms with Crippen molar-refractivity contribution in [1.29, 1.82) is 0 Å². The van der Waals surface area contributed by atoms with E-state index < -0.39 is 0 Å². The Morgan fingerprint density at radius 3 is 2.59 bits per heavy atom. The number of hydrogen-bond acceptors (Lipinski definition) is 1. The van der Waals surface area contributed by atoms with Crippen molar-refractivity contribution in [2.75, 3.05) is 0 Å². The number of hydrogen-bond donors (Lipinski definition) is 2. The number of nitrogens with zero attached hydrogens (tertiary/aromatic N) is 1. The Balaban J connectivity index is 1.77. The zero-order valence-corrected chi connectivity index (χ0v) is 19.2. The summed E-state index contributed by atoms with van der Waals surface area (Å²) in [7, 11) is 0. The van der Waals surface area contributed by atoms with E-state index in [1.54, 1.807) is 0 Å². The maximum Gasteiger partial charge on any atom is 0.140 e. The minimum Gasteiger partial charge on any atom is -0.360 e. The lowest BCUT2D eigenvalue weighted by atomic mass is 9.99. The average molecular weight is 552 g/mol. The molecule has 2 aromatic heterocycles. The molecule has 3 nitrogen and oxygen atoms in total. The number of aromatic amines is 2. The van der Waals surface area contributed by atoms with Crippen LogP contribution in [0.15, 0.2) is 65.3 Å². The summed E-state index contributed by atoms with van der Waals surface area (Å²) >= 11 is 5.97. The van der Waals surface area contributed by atoms with Crippen molar-refractivity contribution < 1.29 is 0 Å². The lowest BCUT2D eigenvalue weighted by Gasteiger charge is -2.07. The number of aromatic nitrogens is 3. The van der Waals surface area contributed by atoms with E-state index in [-0.39, 0.29) is 0 Å². The first-order chi connectivity index (χ1) is 14.1. The lowest BCUT2D eigenvalue weighted by molar-refractivity contribution is 1.34. The van der Waals surface area contributed by atoms with Crippen molar-refractivity contribution in [2.45, 2.75) is 6.92 Å². The summed E-state index contributed by atoms with van der Waals surface area (Å²) in [6.45, 7) is 2.13.